The van der Waals surface area contributed by atoms with Crippen LogP contribution in [0.2, 0.25) is 0 Å². The fraction of sp³-hybridized carbons (Fsp3) is 0.533. The van der Waals surface area contributed by atoms with Crippen molar-refractivity contribution in [1.29, 1.82) is 0 Å². The summed E-state index contributed by atoms with van der Waals surface area (Å²) in [4.78, 5) is 19.1. The molecule has 1 aliphatic rings. The number of nitrogens with zero attached hydrogens (tertiary/aromatic N) is 5. The molecule has 9 heteroatoms. The summed E-state index contributed by atoms with van der Waals surface area (Å²) in [5.74, 6) is 0.655. The Kier molecular flexibility index (Phi) is 7.23. The average Bonchev–Trinajstić information content (AvgIpc) is 3.18. The van der Waals surface area contributed by atoms with E-state index in [2.05, 4.69) is 31.7 Å². The summed E-state index contributed by atoms with van der Waals surface area (Å²) in [7, 11) is 0. The maximum atomic E-state index is 6.15. The number of aryl methyl sites for hydroxylation is 2. The topological polar surface area (TPSA) is 70.6 Å². The van der Waals surface area contributed by atoms with Crippen molar-refractivity contribution in [3.05, 3.63) is 27.2 Å². The molecule has 0 radical (unpaired) electrons. The number of halogens is 1. The highest BCUT2D eigenvalue weighted by Crippen LogP contribution is 2.19. The molecule has 0 bridgehead atoms. The molecule has 1 fully saturated rings. The number of thiazole rings is 2. The molecule has 1 saturated heterocycles. The average molecular weight is 478 g/mol. The predicted octanol–water partition coefficient (Wildman–Crippen LogP) is 2.51. The molecule has 0 aliphatic carbocycles. The zero-order valence-electron chi connectivity index (χ0n) is 13.9. The van der Waals surface area contributed by atoms with E-state index in [4.69, 9.17) is 5.73 Å². The van der Waals surface area contributed by atoms with Crippen LogP contribution >= 0.6 is 46.7 Å². The molecule has 2 aromatic heterocycles. The van der Waals surface area contributed by atoms with Gasteiger partial charge in [-0.05, 0) is 13.8 Å². The number of aliphatic imine (C=N–C) groups is 1. The molecule has 0 unspecified atom stereocenters. The minimum atomic E-state index is 0. The maximum Gasteiger partial charge on any atom is 0.191 e. The van der Waals surface area contributed by atoms with Crippen molar-refractivity contribution in [3.63, 3.8) is 0 Å². The van der Waals surface area contributed by atoms with Crippen molar-refractivity contribution < 1.29 is 0 Å². The lowest BCUT2D eigenvalue weighted by atomic mass is 10.3. The van der Waals surface area contributed by atoms with E-state index in [0.717, 1.165) is 55.0 Å². The Hall–Kier alpha value is -0.940. The van der Waals surface area contributed by atoms with E-state index in [1.54, 1.807) is 22.7 Å². The number of rotatable bonds is 4. The van der Waals surface area contributed by atoms with Crippen LogP contribution in [0.25, 0.3) is 0 Å². The normalized spacial score (nSPS) is 15.5. The van der Waals surface area contributed by atoms with Gasteiger partial charge in [-0.1, -0.05) is 0 Å². The van der Waals surface area contributed by atoms with Crippen LogP contribution in [0, 0.1) is 13.8 Å². The molecule has 3 heterocycles. The van der Waals surface area contributed by atoms with E-state index in [9.17, 15) is 0 Å². The molecule has 2 aromatic rings. The van der Waals surface area contributed by atoms with Gasteiger partial charge in [-0.15, -0.1) is 46.7 Å². The van der Waals surface area contributed by atoms with Crippen molar-refractivity contribution in [1.82, 2.24) is 14.9 Å². The van der Waals surface area contributed by atoms with Crippen LogP contribution in [0.3, 0.4) is 0 Å². The van der Waals surface area contributed by atoms with E-state index in [1.807, 2.05) is 18.5 Å². The maximum absolute atomic E-state index is 6.15. The highest BCUT2D eigenvalue weighted by molar-refractivity contribution is 14.0. The fourth-order valence-corrected chi connectivity index (χ4v) is 4.30. The molecule has 2 N–H and O–H groups in total. The highest BCUT2D eigenvalue weighted by atomic mass is 127. The second-order valence-corrected chi connectivity index (χ2v) is 7.68. The number of hydrogen-bond acceptors (Lipinski definition) is 6. The Bertz CT molecular complexity index is 662. The van der Waals surface area contributed by atoms with Gasteiger partial charge in [0.2, 0.25) is 0 Å². The van der Waals surface area contributed by atoms with Gasteiger partial charge >= 0.3 is 0 Å². The lowest BCUT2D eigenvalue weighted by Crippen LogP contribution is -2.51. The largest absolute Gasteiger partial charge is 0.370 e. The third-order valence-corrected chi connectivity index (χ3v) is 5.87. The molecule has 0 spiro atoms. The van der Waals surface area contributed by atoms with Gasteiger partial charge < -0.3 is 15.5 Å². The molecule has 0 aromatic carbocycles. The van der Waals surface area contributed by atoms with Crippen LogP contribution in [0.5, 0.6) is 0 Å². The summed E-state index contributed by atoms with van der Waals surface area (Å²) >= 11 is 3.44. The second kappa shape index (κ2) is 8.95. The first-order valence-corrected chi connectivity index (χ1v) is 9.45. The third kappa shape index (κ3) is 4.79. The van der Waals surface area contributed by atoms with Crippen molar-refractivity contribution in [3.8, 4) is 0 Å². The molecule has 132 valence electrons. The standard InChI is InChI=1S/C15H22N6S2.HI/c1-11-13(23-12(2)19-11)3-4-17-14(16)20-6-8-21(9-7-20)15-18-5-10-22-15;/h5,10H,3-4,6-9H2,1-2H3,(H2,16,17);1H. The minimum absolute atomic E-state index is 0. The summed E-state index contributed by atoms with van der Waals surface area (Å²) in [5, 5.41) is 4.23. The Balaban J connectivity index is 0.00000208. The lowest BCUT2D eigenvalue weighted by Gasteiger charge is -2.35. The first kappa shape index (κ1) is 19.4. The number of piperazine rings is 1. The van der Waals surface area contributed by atoms with Gasteiger partial charge in [0.05, 0.1) is 10.7 Å². The molecular weight excluding hydrogens is 455 g/mol. The Morgan fingerprint density at radius 3 is 2.62 bits per heavy atom. The van der Waals surface area contributed by atoms with E-state index in [-0.39, 0.29) is 24.0 Å². The van der Waals surface area contributed by atoms with Crippen molar-refractivity contribution in [2.75, 3.05) is 37.6 Å². The predicted molar refractivity (Wildman–Crippen MR) is 113 cm³/mol. The van der Waals surface area contributed by atoms with Gasteiger partial charge in [0.25, 0.3) is 0 Å². The van der Waals surface area contributed by atoms with E-state index < -0.39 is 0 Å². The first-order chi connectivity index (χ1) is 11.1. The SMILES string of the molecule is Cc1nc(C)c(CCN=C(N)N2CCN(c3nccs3)CC2)s1.I. The Morgan fingerprint density at radius 1 is 1.29 bits per heavy atom. The lowest BCUT2D eigenvalue weighted by molar-refractivity contribution is 0.380. The highest BCUT2D eigenvalue weighted by Gasteiger charge is 2.19. The summed E-state index contributed by atoms with van der Waals surface area (Å²) in [5.41, 5.74) is 7.28. The van der Waals surface area contributed by atoms with Crippen molar-refractivity contribution in [2.45, 2.75) is 20.3 Å². The van der Waals surface area contributed by atoms with Gasteiger partial charge in [-0.25, -0.2) is 9.97 Å². The van der Waals surface area contributed by atoms with Gasteiger partial charge in [-0.2, -0.15) is 0 Å². The number of nitrogens with two attached hydrogens (primary N) is 1. The summed E-state index contributed by atoms with van der Waals surface area (Å²) in [6.07, 6.45) is 2.77. The fourth-order valence-electron chi connectivity index (χ4n) is 2.68. The van der Waals surface area contributed by atoms with Gasteiger partial charge in [0.15, 0.2) is 11.1 Å². The number of anilines is 1. The van der Waals surface area contributed by atoms with E-state index >= 15 is 0 Å². The van der Waals surface area contributed by atoms with Crippen LogP contribution in [0.4, 0.5) is 5.13 Å². The van der Waals surface area contributed by atoms with Gasteiger partial charge in [0, 0.05) is 55.6 Å². The smallest absolute Gasteiger partial charge is 0.191 e. The molecule has 0 amide bonds. The molecule has 0 saturated carbocycles. The Labute approximate surface area is 167 Å². The minimum Gasteiger partial charge on any atom is -0.370 e. The van der Waals surface area contributed by atoms with Gasteiger partial charge in [0.1, 0.15) is 0 Å². The quantitative estimate of drug-likeness (QED) is 0.416. The molecule has 6 nitrogen and oxygen atoms in total. The van der Waals surface area contributed by atoms with Crippen molar-refractivity contribution in [2.24, 2.45) is 10.7 Å². The molecule has 1 aliphatic heterocycles. The molecule has 24 heavy (non-hydrogen) atoms. The number of hydrogen-bond donors (Lipinski definition) is 1. The molecular formula is C15H23IN6S2. The zero-order chi connectivity index (χ0) is 16.2. The summed E-state index contributed by atoms with van der Waals surface area (Å²) < 4.78 is 0. The summed E-state index contributed by atoms with van der Waals surface area (Å²) in [6.45, 7) is 8.50. The second-order valence-electron chi connectivity index (χ2n) is 5.52. The van der Waals surface area contributed by atoms with Crippen LogP contribution in [-0.2, 0) is 6.42 Å². The van der Waals surface area contributed by atoms with Crippen molar-refractivity contribution >= 4 is 57.7 Å². The zero-order valence-corrected chi connectivity index (χ0v) is 17.9. The third-order valence-electron chi connectivity index (χ3n) is 3.91. The Morgan fingerprint density at radius 2 is 2.04 bits per heavy atom. The molecule has 0 atom stereocenters. The van der Waals surface area contributed by atoms with Crippen LogP contribution in [-0.4, -0.2) is 53.6 Å². The molecule has 3 rings (SSSR count). The monoisotopic (exact) mass is 478 g/mol. The number of aromatic nitrogens is 2. The van der Waals surface area contributed by atoms with E-state index in [1.165, 1.54) is 4.88 Å². The van der Waals surface area contributed by atoms with Crippen LogP contribution < -0.4 is 10.6 Å². The van der Waals surface area contributed by atoms with Gasteiger partial charge in [-0.3, -0.25) is 4.99 Å². The van der Waals surface area contributed by atoms with Crippen LogP contribution in [0.1, 0.15) is 15.6 Å². The number of guanidine groups is 1. The van der Waals surface area contributed by atoms with E-state index in [0.29, 0.717) is 5.96 Å². The first-order valence-electron chi connectivity index (χ1n) is 7.75. The summed E-state index contributed by atoms with van der Waals surface area (Å²) in [6, 6.07) is 0. The van der Waals surface area contributed by atoms with Crippen LogP contribution in [0.15, 0.2) is 16.6 Å².